The van der Waals surface area contributed by atoms with E-state index in [1.807, 2.05) is 0 Å². The van der Waals surface area contributed by atoms with E-state index in [9.17, 15) is 8.42 Å². The molecule has 0 aliphatic carbocycles. The Bertz CT molecular complexity index is 651. The van der Waals surface area contributed by atoms with Crippen LogP contribution in [0.2, 0.25) is 0 Å². The highest BCUT2D eigenvalue weighted by Gasteiger charge is 2.25. The van der Waals surface area contributed by atoms with Gasteiger partial charge in [-0.15, -0.1) is 4.40 Å². The molecule has 0 radical (unpaired) electrons. The molecule has 2 aliphatic rings. The second kappa shape index (κ2) is 4.95. The predicted molar refractivity (Wildman–Crippen MR) is 76.2 cm³/mol. The van der Waals surface area contributed by atoms with Crippen molar-refractivity contribution in [2.75, 3.05) is 17.9 Å². The second-order valence-electron chi connectivity index (χ2n) is 4.84. The van der Waals surface area contributed by atoms with Gasteiger partial charge in [0.05, 0.1) is 11.3 Å². The molecule has 0 saturated carbocycles. The fourth-order valence-electron chi connectivity index (χ4n) is 2.43. The van der Waals surface area contributed by atoms with E-state index in [1.165, 1.54) is 0 Å². The van der Waals surface area contributed by atoms with E-state index in [0.29, 0.717) is 29.6 Å². The number of ether oxygens (including phenoxy) is 1. The minimum absolute atomic E-state index is 0.0475. The van der Waals surface area contributed by atoms with Gasteiger partial charge in [-0.05, 0) is 31.5 Å². The van der Waals surface area contributed by atoms with Crippen LogP contribution >= 0.6 is 0 Å². The Balaban J connectivity index is 1.86. The summed E-state index contributed by atoms with van der Waals surface area (Å²) in [6, 6.07) is 5.44. The van der Waals surface area contributed by atoms with Gasteiger partial charge in [0.15, 0.2) is 5.84 Å². The molecule has 108 valence electrons. The first-order valence-electron chi connectivity index (χ1n) is 6.43. The zero-order valence-electron chi connectivity index (χ0n) is 10.8. The number of hydrogen-bond acceptors (Lipinski definition) is 5. The number of benzene rings is 1. The van der Waals surface area contributed by atoms with Gasteiger partial charge < -0.3 is 15.8 Å². The molecular weight excluding hydrogens is 280 g/mol. The van der Waals surface area contributed by atoms with Crippen LogP contribution in [0.5, 0.6) is 5.75 Å². The lowest BCUT2D eigenvalue weighted by molar-refractivity contribution is 0.277. The van der Waals surface area contributed by atoms with Gasteiger partial charge in [0.1, 0.15) is 12.4 Å². The van der Waals surface area contributed by atoms with Crippen LogP contribution in [0, 0.1) is 0 Å². The van der Waals surface area contributed by atoms with E-state index in [0.717, 1.165) is 19.4 Å². The lowest BCUT2D eigenvalue weighted by atomic mass is 10.1. The highest BCUT2D eigenvalue weighted by molar-refractivity contribution is 7.91. The van der Waals surface area contributed by atoms with Crippen molar-refractivity contribution in [1.29, 1.82) is 0 Å². The summed E-state index contributed by atoms with van der Waals surface area (Å²) in [6.07, 6.45) is 2.22. The summed E-state index contributed by atoms with van der Waals surface area (Å²) < 4.78 is 34.5. The van der Waals surface area contributed by atoms with E-state index in [-0.39, 0.29) is 5.84 Å². The number of rotatable bonds is 3. The van der Waals surface area contributed by atoms with Crippen molar-refractivity contribution < 1.29 is 13.2 Å². The Labute approximate surface area is 117 Å². The molecule has 1 fully saturated rings. The molecule has 8 heteroatoms. The Hall–Kier alpha value is -1.80. The Morgan fingerprint density at radius 3 is 3.05 bits per heavy atom. The van der Waals surface area contributed by atoms with Gasteiger partial charge in [0.2, 0.25) is 0 Å². The molecule has 4 N–H and O–H groups in total. The van der Waals surface area contributed by atoms with E-state index in [4.69, 9.17) is 10.5 Å². The highest BCUT2D eigenvalue weighted by atomic mass is 32.2. The van der Waals surface area contributed by atoms with Crippen LogP contribution in [0.3, 0.4) is 0 Å². The quantitative estimate of drug-likeness (QED) is 0.738. The SMILES string of the molecule is NC1=NS(=O)(=O)Nc2cccc(OC[C@@H]3CCCN3)c21. The van der Waals surface area contributed by atoms with E-state index >= 15 is 0 Å². The minimum Gasteiger partial charge on any atom is -0.491 e. The zero-order chi connectivity index (χ0) is 14.2. The van der Waals surface area contributed by atoms with Crippen molar-refractivity contribution in [2.45, 2.75) is 18.9 Å². The molecule has 0 bridgehead atoms. The number of nitrogens with one attached hydrogen (secondary N) is 2. The van der Waals surface area contributed by atoms with Crippen LogP contribution in [-0.2, 0) is 10.2 Å². The first-order chi connectivity index (χ1) is 9.55. The van der Waals surface area contributed by atoms with Gasteiger partial charge in [-0.2, -0.15) is 8.42 Å². The molecule has 20 heavy (non-hydrogen) atoms. The second-order valence-corrected chi connectivity index (χ2v) is 6.17. The first kappa shape index (κ1) is 13.2. The average Bonchev–Trinajstić information content (AvgIpc) is 2.87. The van der Waals surface area contributed by atoms with Crippen molar-refractivity contribution in [1.82, 2.24) is 5.32 Å². The number of amidine groups is 1. The molecule has 3 rings (SSSR count). The molecular formula is C12H16N4O3S. The molecule has 1 aromatic carbocycles. The predicted octanol–water partition coefficient (Wildman–Crippen LogP) is 0.193. The largest absolute Gasteiger partial charge is 0.491 e. The van der Waals surface area contributed by atoms with Crippen molar-refractivity contribution in [3.63, 3.8) is 0 Å². The maximum absolute atomic E-state index is 11.5. The Kier molecular flexibility index (Phi) is 3.27. The maximum Gasteiger partial charge on any atom is 0.344 e. The van der Waals surface area contributed by atoms with Gasteiger partial charge in [-0.25, -0.2) is 0 Å². The monoisotopic (exact) mass is 296 g/mol. The molecule has 0 aromatic heterocycles. The highest BCUT2D eigenvalue weighted by Crippen LogP contribution is 2.30. The summed E-state index contributed by atoms with van der Waals surface area (Å²) in [5.74, 6) is 0.494. The Morgan fingerprint density at radius 1 is 1.45 bits per heavy atom. The number of anilines is 1. The summed E-state index contributed by atoms with van der Waals surface area (Å²) in [5.41, 5.74) is 6.64. The lowest BCUT2D eigenvalue weighted by Crippen LogP contribution is -2.30. The third-order valence-electron chi connectivity index (χ3n) is 3.34. The number of nitrogens with two attached hydrogens (primary N) is 1. The van der Waals surface area contributed by atoms with Crippen LogP contribution < -0.4 is 20.5 Å². The van der Waals surface area contributed by atoms with Crippen LogP contribution in [0.4, 0.5) is 5.69 Å². The van der Waals surface area contributed by atoms with Crippen LogP contribution in [-0.4, -0.2) is 33.4 Å². The molecule has 2 aliphatic heterocycles. The standard InChI is InChI=1S/C12H16N4O3S/c13-12-11-9(15-20(17,18)16-12)4-1-5-10(11)19-7-8-3-2-6-14-8/h1,4-5,8,14-15H,2-3,6-7H2,(H2,13,16)/t8-/m0/s1. The topological polar surface area (TPSA) is 106 Å². The van der Waals surface area contributed by atoms with Crippen LogP contribution in [0.1, 0.15) is 18.4 Å². The van der Waals surface area contributed by atoms with Crippen molar-refractivity contribution >= 4 is 21.7 Å². The molecule has 1 saturated heterocycles. The maximum atomic E-state index is 11.5. The van der Waals surface area contributed by atoms with Crippen molar-refractivity contribution in [2.24, 2.45) is 10.1 Å². The van der Waals surface area contributed by atoms with Gasteiger partial charge in [0.25, 0.3) is 0 Å². The smallest absolute Gasteiger partial charge is 0.344 e. The third kappa shape index (κ3) is 2.56. The molecule has 1 atom stereocenters. The fraction of sp³-hybridized carbons (Fsp3) is 0.417. The number of hydrogen-bond donors (Lipinski definition) is 3. The Morgan fingerprint density at radius 2 is 2.30 bits per heavy atom. The molecule has 0 spiro atoms. The van der Waals surface area contributed by atoms with E-state index in [1.54, 1.807) is 18.2 Å². The summed E-state index contributed by atoms with van der Waals surface area (Å²) in [7, 11) is -3.75. The fourth-order valence-corrected chi connectivity index (χ4v) is 3.27. The third-order valence-corrected chi connectivity index (χ3v) is 4.26. The average molecular weight is 296 g/mol. The van der Waals surface area contributed by atoms with Gasteiger partial charge in [-0.3, -0.25) is 4.72 Å². The molecule has 1 aromatic rings. The molecule has 2 heterocycles. The van der Waals surface area contributed by atoms with E-state index < -0.39 is 10.2 Å². The minimum atomic E-state index is -3.75. The van der Waals surface area contributed by atoms with Gasteiger partial charge >= 0.3 is 10.2 Å². The number of fused-ring (bicyclic) bond motifs is 1. The number of nitrogens with zero attached hydrogens (tertiary/aromatic N) is 1. The van der Waals surface area contributed by atoms with Gasteiger partial charge in [-0.1, -0.05) is 6.07 Å². The van der Waals surface area contributed by atoms with Crippen LogP contribution in [0.15, 0.2) is 22.6 Å². The normalized spacial score (nSPS) is 23.6. The molecule has 7 nitrogen and oxygen atoms in total. The van der Waals surface area contributed by atoms with E-state index in [2.05, 4.69) is 14.4 Å². The van der Waals surface area contributed by atoms with Crippen molar-refractivity contribution in [3.05, 3.63) is 23.8 Å². The molecule has 0 amide bonds. The summed E-state index contributed by atoms with van der Waals surface area (Å²) in [5, 5.41) is 3.33. The van der Waals surface area contributed by atoms with Crippen molar-refractivity contribution in [3.8, 4) is 5.75 Å². The summed E-state index contributed by atoms with van der Waals surface area (Å²) >= 11 is 0. The molecule has 0 unspecified atom stereocenters. The summed E-state index contributed by atoms with van der Waals surface area (Å²) in [6.45, 7) is 1.53. The first-order valence-corrected chi connectivity index (χ1v) is 7.87. The van der Waals surface area contributed by atoms with Crippen LogP contribution in [0.25, 0.3) is 0 Å². The lowest BCUT2D eigenvalue weighted by Gasteiger charge is -2.20. The zero-order valence-corrected chi connectivity index (χ0v) is 11.6. The summed E-state index contributed by atoms with van der Waals surface area (Å²) in [4.78, 5) is 0. The van der Waals surface area contributed by atoms with Gasteiger partial charge in [0, 0.05) is 6.04 Å².